The zero-order chi connectivity index (χ0) is 18.5. The van der Waals surface area contributed by atoms with Crippen LogP contribution in [0.25, 0.3) is 10.2 Å². The van der Waals surface area contributed by atoms with Gasteiger partial charge in [0.15, 0.2) is 32.4 Å². The summed E-state index contributed by atoms with van der Waals surface area (Å²) in [5.74, 6) is 0. The highest BCUT2D eigenvalue weighted by atomic mass is 32.3. The number of H-pyrrole nitrogens is 1. The fourth-order valence-corrected chi connectivity index (χ4v) is 2.46. The molecule has 0 spiro atoms. The number of nitrogens with zero attached hydrogens (tertiary/aromatic N) is 1. The molecule has 0 radical (unpaired) electrons. The highest BCUT2D eigenvalue weighted by molar-refractivity contribution is 8.13. The topological polar surface area (TPSA) is 96.5 Å². The maximum absolute atomic E-state index is 11.4. The number of pyridine rings is 1. The van der Waals surface area contributed by atoms with E-state index in [2.05, 4.69) is 11.6 Å². The minimum atomic E-state index is -6.72. The van der Waals surface area contributed by atoms with Gasteiger partial charge in [-0.25, -0.2) is 21.8 Å². The van der Waals surface area contributed by atoms with E-state index in [1.54, 1.807) is 0 Å². The van der Waals surface area contributed by atoms with Gasteiger partial charge < -0.3 is 4.13 Å². The summed E-state index contributed by atoms with van der Waals surface area (Å²) in [6, 6.07) is 3.93. The number of sulfonamides is 2. The van der Waals surface area contributed by atoms with Gasteiger partial charge in [-0.2, -0.15) is 26.3 Å². The molecule has 1 aromatic heterocycles. The highest BCUT2D eigenvalue weighted by Crippen LogP contribution is 2.36. The quantitative estimate of drug-likeness (QED) is 0.744. The molecule has 1 N–H and O–H groups in total. The summed E-state index contributed by atoms with van der Waals surface area (Å²) < 4.78 is 109. The Hall–Kier alpha value is -1.67. The number of aromatic nitrogens is 1. The largest absolute Gasteiger partial charge is 0.480 e. The molecular formula is C9H8F6N2O4S2. The average Bonchev–Trinajstić information content (AvgIpc) is 2.36. The lowest BCUT2D eigenvalue weighted by Crippen LogP contribution is -2.30. The summed E-state index contributed by atoms with van der Waals surface area (Å²) in [7, 11) is -13.4. The summed E-state index contributed by atoms with van der Waals surface area (Å²) in [4.78, 5) is 2.92. The van der Waals surface area contributed by atoms with Gasteiger partial charge in [0.05, 0.1) is 0 Å². The van der Waals surface area contributed by atoms with E-state index in [0.717, 1.165) is 9.69 Å². The van der Waals surface area contributed by atoms with Gasteiger partial charge in [-0.3, -0.25) is 0 Å². The van der Waals surface area contributed by atoms with Crippen LogP contribution < -0.4 is 4.98 Å². The lowest BCUT2D eigenvalue weighted by molar-refractivity contribution is -0.378. The Balaban J connectivity index is 0.000000502. The van der Waals surface area contributed by atoms with E-state index < -0.39 is 31.1 Å². The fraction of sp³-hybridized carbons (Fsp3) is 0.222. The lowest BCUT2D eigenvalue weighted by atomic mass is 10.3. The van der Waals surface area contributed by atoms with E-state index in [9.17, 15) is 43.2 Å². The normalized spacial score (nSPS) is 13.0. The number of halogens is 6. The van der Waals surface area contributed by atoms with E-state index in [4.69, 9.17) is 0 Å². The van der Waals surface area contributed by atoms with Crippen LogP contribution in [-0.2, 0) is 20.0 Å². The maximum Gasteiger partial charge on any atom is 0.480 e. The molecule has 0 amide bonds. The Morgan fingerprint density at radius 2 is 1.26 bits per heavy atom. The molecule has 0 aliphatic heterocycles. The summed E-state index contributed by atoms with van der Waals surface area (Å²) in [5, 5.41) is 0. The first-order valence-electron chi connectivity index (χ1n) is 5.09. The zero-order valence-electron chi connectivity index (χ0n) is 10.8. The molecule has 1 aromatic rings. The zero-order valence-corrected chi connectivity index (χ0v) is 12.4. The molecule has 132 valence electrons. The molecular weight excluding hydrogens is 378 g/mol. The molecule has 0 atom stereocenters. The third-order valence-corrected chi connectivity index (χ3v) is 4.50. The summed E-state index contributed by atoms with van der Waals surface area (Å²) in [6.45, 7) is 3.62. The van der Waals surface area contributed by atoms with Crippen LogP contribution in [0.15, 0.2) is 31.1 Å². The second kappa shape index (κ2) is 7.27. The Morgan fingerprint density at radius 3 is 1.48 bits per heavy atom. The molecule has 0 fully saturated rings. The van der Waals surface area contributed by atoms with Crippen molar-refractivity contribution < 1.29 is 48.2 Å². The van der Waals surface area contributed by atoms with Gasteiger partial charge in [0.25, 0.3) is 0 Å². The second-order valence-corrected chi connectivity index (χ2v) is 6.88. The third kappa shape index (κ3) is 6.54. The Labute approximate surface area is 126 Å². The van der Waals surface area contributed by atoms with Gasteiger partial charge in [-0.1, -0.05) is 12.7 Å². The van der Waals surface area contributed by atoms with Crippen LogP contribution in [0.2, 0.25) is 0 Å². The van der Waals surface area contributed by atoms with Crippen LogP contribution in [0.5, 0.6) is 0 Å². The van der Waals surface area contributed by atoms with Gasteiger partial charge in [0.2, 0.25) is 0 Å². The molecule has 14 heteroatoms. The molecule has 0 aliphatic rings. The lowest BCUT2D eigenvalue weighted by Gasteiger charge is -2.22. The summed E-state index contributed by atoms with van der Waals surface area (Å²) in [6.07, 6.45) is 5.56. The maximum atomic E-state index is 11.4. The van der Waals surface area contributed by atoms with Gasteiger partial charge in [-0.05, 0) is 5.56 Å². The number of hydrogen-bond acceptors (Lipinski definition) is 4. The van der Waals surface area contributed by atoms with Crippen molar-refractivity contribution in [2.24, 2.45) is 0 Å². The molecule has 23 heavy (non-hydrogen) atoms. The SMILES string of the molecule is C=Cc1cc[nH+]cc1.O=S(=O)([N-]S(=O)(=O)C(F)(F)F)C(F)(F)F. The number of aromatic amines is 1. The molecule has 0 saturated carbocycles. The van der Waals surface area contributed by atoms with Gasteiger partial charge >= 0.3 is 11.0 Å². The smallest absolute Gasteiger partial charge is 0.421 e. The predicted octanol–water partition coefficient (Wildman–Crippen LogP) is 2.20. The number of alkyl halides is 6. The van der Waals surface area contributed by atoms with Crippen molar-refractivity contribution in [3.8, 4) is 0 Å². The van der Waals surface area contributed by atoms with Crippen molar-refractivity contribution in [3.05, 3.63) is 40.8 Å². The van der Waals surface area contributed by atoms with Crippen molar-refractivity contribution >= 4 is 26.1 Å². The van der Waals surface area contributed by atoms with Crippen molar-refractivity contribution in [1.82, 2.24) is 0 Å². The van der Waals surface area contributed by atoms with E-state index in [0.29, 0.717) is 0 Å². The predicted molar refractivity (Wildman–Crippen MR) is 66.4 cm³/mol. The van der Waals surface area contributed by atoms with E-state index in [1.807, 2.05) is 30.6 Å². The first kappa shape index (κ1) is 21.3. The Morgan fingerprint density at radius 1 is 0.913 bits per heavy atom. The highest BCUT2D eigenvalue weighted by Gasteiger charge is 2.46. The third-order valence-electron chi connectivity index (χ3n) is 1.76. The van der Waals surface area contributed by atoms with Crippen molar-refractivity contribution in [3.63, 3.8) is 0 Å². The molecule has 1 rings (SSSR count). The van der Waals surface area contributed by atoms with Gasteiger partial charge in [0, 0.05) is 12.1 Å². The first-order valence-corrected chi connectivity index (χ1v) is 7.97. The van der Waals surface area contributed by atoms with Crippen LogP contribution in [0, 0.1) is 0 Å². The van der Waals surface area contributed by atoms with E-state index >= 15 is 0 Å². The summed E-state index contributed by atoms with van der Waals surface area (Å²) >= 11 is 0. The van der Waals surface area contributed by atoms with Crippen molar-refractivity contribution in [1.29, 1.82) is 0 Å². The van der Waals surface area contributed by atoms with Crippen molar-refractivity contribution in [2.75, 3.05) is 0 Å². The number of rotatable bonds is 3. The first-order chi connectivity index (χ1) is 10.1. The molecule has 0 aromatic carbocycles. The second-order valence-electron chi connectivity index (χ2n) is 3.45. The van der Waals surface area contributed by atoms with Crippen LogP contribution >= 0.6 is 0 Å². The van der Waals surface area contributed by atoms with Crippen LogP contribution in [0.3, 0.4) is 0 Å². The van der Waals surface area contributed by atoms with Crippen LogP contribution in [0.1, 0.15) is 5.56 Å². The minimum absolute atomic E-state index is 0.778. The number of hydrogen-bond donors (Lipinski definition) is 0. The van der Waals surface area contributed by atoms with Gasteiger partial charge in [0.1, 0.15) is 0 Å². The molecule has 1 heterocycles. The number of nitrogens with one attached hydrogen (secondary N) is 1. The van der Waals surface area contributed by atoms with E-state index in [-0.39, 0.29) is 0 Å². The van der Waals surface area contributed by atoms with Crippen LogP contribution in [0.4, 0.5) is 26.3 Å². The fourth-order valence-electron chi connectivity index (χ4n) is 0.750. The molecule has 0 bridgehead atoms. The minimum Gasteiger partial charge on any atom is -0.421 e. The Bertz CT molecular complexity index is 684. The standard InChI is InChI=1S/C7H7N.C2F6NO4S2/c1-2-7-3-5-8-6-4-7;3-1(4,5)14(10,11)9-15(12,13)2(6,7)8/h2-6H,1H2;/q;-1/p+1. The molecule has 0 unspecified atom stereocenters. The van der Waals surface area contributed by atoms with Gasteiger partial charge in [-0.15, -0.1) is 0 Å². The molecule has 0 aliphatic carbocycles. The monoisotopic (exact) mass is 386 g/mol. The van der Waals surface area contributed by atoms with Crippen LogP contribution in [-0.4, -0.2) is 27.9 Å². The summed E-state index contributed by atoms with van der Waals surface area (Å²) in [5.41, 5.74) is -11.3. The Kier molecular flexibility index (Phi) is 6.74. The molecule has 0 saturated heterocycles. The average molecular weight is 386 g/mol. The molecule has 6 nitrogen and oxygen atoms in total. The van der Waals surface area contributed by atoms with E-state index in [1.165, 1.54) is 0 Å². The van der Waals surface area contributed by atoms with Crippen molar-refractivity contribution in [2.45, 2.75) is 11.0 Å².